The molecule has 3 N–H and O–H groups in total. The minimum absolute atomic E-state index is 0.222. The van der Waals surface area contributed by atoms with Crippen LogP contribution in [-0.2, 0) is 17.9 Å². The Hall–Kier alpha value is -1.47. The average molecular weight is 363 g/mol. The van der Waals surface area contributed by atoms with Crippen molar-refractivity contribution in [3.8, 4) is 0 Å². The number of aromatic nitrogens is 3. The molecule has 1 unspecified atom stereocenters. The molecule has 26 heavy (non-hydrogen) atoms. The van der Waals surface area contributed by atoms with E-state index < -0.39 is 0 Å². The molecule has 1 aliphatic carbocycles. The van der Waals surface area contributed by atoms with Crippen molar-refractivity contribution in [1.29, 1.82) is 0 Å². The predicted octanol–water partition coefficient (Wildman–Crippen LogP) is -1.73. The fourth-order valence-electron chi connectivity index (χ4n) is 5.29. The molecule has 4 aliphatic rings. The molecule has 1 saturated carbocycles. The van der Waals surface area contributed by atoms with Gasteiger partial charge in [0.25, 0.3) is 0 Å². The second-order valence-corrected chi connectivity index (χ2v) is 9.01. The Morgan fingerprint density at radius 1 is 1.35 bits per heavy atom. The summed E-state index contributed by atoms with van der Waals surface area (Å²) in [7, 11) is 4.26. The van der Waals surface area contributed by atoms with Crippen LogP contribution in [0.5, 0.6) is 0 Å². The van der Waals surface area contributed by atoms with Gasteiger partial charge in [0.1, 0.15) is 18.3 Å². The van der Waals surface area contributed by atoms with Crippen LogP contribution in [-0.4, -0.2) is 60.2 Å². The van der Waals surface area contributed by atoms with Crippen molar-refractivity contribution in [2.24, 2.45) is 11.8 Å². The van der Waals surface area contributed by atoms with Gasteiger partial charge in [-0.15, -0.1) is 5.10 Å². The van der Waals surface area contributed by atoms with E-state index in [0.29, 0.717) is 23.9 Å². The molecular weight excluding hydrogens is 328 g/mol. The van der Waals surface area contributed by atoms with E-state index in [-0.39, 0.29) is 5.92 Å². The summed E-state index contributed by atoms with van der Waals surface area (Å²) in [6.45, 7) is 4.04. The summed E-state index contributed by atoms with van der Waals surface area (Å²) in [5.74, 6) is 1.10. The highest BCUT2D eigenvalue weighted by molar-refractivity contribution is 5.79. The molecule has 3 aliphatic heterocycles. The lowest BCUT2D eigenvalue weighted by Crippen LogP contribution is -3.20. The summed E-state index contributed by atoms with van der Waals surface area (Å²) in [6, 6.07) is 1.02. The SMILES string of the molecule is C[NH+](C)Cc1cn(C[C@H]2C[C@@H]3CC[NH+]2C[C@@H]3C(=O)NC2CCCC2)nn1. The maximum atomic E-state index is 12.8. The zero-order chi connectivity index (χ0) is 18.1. The average Bonchev–Trinajstić information content (AvgIpc) is 3.27. The number of fused-ring (bicyclic) bond motifs is 3. The third-order valence-electron chi connectivity index (χ3n) is 6.62. The van der Waals surface area contributed by atoms with Crippen LogP contribution in [0.15, 0.2) is 6.20 Å². The minimum atomic E-state index is 0.222. The number of piperidine rings is 3. The third kappa shape index (κ3) is 3.93. The zero-order valence-corrected chi connectivity index (χ0v) is 16.2. The van der Waals surface area contributed by atoms with Gasteiger partial charge >= 0.3 is 0 Å². The van der Waals surface area contributed by atoms with Crippen LogP contribution in [0.3, 0.4) is 0 Å². The van der Waals surface area contributed by atoms with Crippen LogP contribution in [0.1, 0.15) is 44.2 Å². The molecule has 1 aromatic heterocycles. The van der Waals surface area contributed by atoms with Gasteiger partial charge < -0.3 is 15.1 Å². The number of hydrogen-bond donors (Lipinski definition) is 3. The fourth-order valence-corrected chi connectivity index (χ4v) is 5.29. The standard InChI is InChI=1S/C19H32N6O/c1-23(2)10-16-11-25(22-21-16)12-17-9-14-7-8-24(17)13-18(14)19(26)20-15-5-3-4-6-15/h11,14-15,17-18H,3-10,12-13H2,1-2H3,(H,20,26)/p+2/t14-,17+,18-/m0/s1. The van der Waals surface area contributed by atoms with Crippen molar-refractivity contribution in [2.75, 3.05) is 27.2 Å². The molecule has 0 radical (unpaired) electrons. The van der Waals surface area contributed by atoms with E-state index in [9.17, 15) is 4.79 Å². The van der Waals surface area contributed by atoms with Crippen molar-refractivity contribution >= 4 is 5.91 Å². The molecule has 4 heterocycles. The van der Waals surface area contributed by atoms with Gasteiger partial charge in [0, 0.05) is 18.9 Å². The van der Waals surface area contributed by atoms with Gasteiger partial charge in [0.05, 0.1) is 45.8 Å². The Morgan fingerprint density at radius 3 is 2.85 bits per heavy atom. The quantitative estimate of drug-likeness (QED) is 0.564. The summed E-state index contributed by atoms with van der Waals surface area (Å²) < 4.78 is 2.02. The van der Waals surface area contributed by atoms with Crippen molar-refractivity contribution in [1.82, 2.24) is 20.3 Å². The highest BCUT2D eigenvalue weighted by Gasteiger charge is 2.46. The van der Waals surface area contributed by atoms with Gasteiger partial charge in [-0.2, -0.15) is 0 Å². The van der Waals surface area contributed by atoms with E-state index in [1.54, 1.807) is 4.90 Å². The van der Waals surface area contributed by atoms with Gasteiger partial charge in [-0.05, 0) is 18.8 Å². The molecule has 5 rings (SSSR count). The maximum absolute atomic E-state index is 12.8. The number of carbonyl (C=O) groups excluding carboxylic acids is 1. The van der Waals surface area contributed by atoms with E-state index in [4.69, 9.17) is 0 Å². The normalized spacial score (nSPS) is 31.7. The summed E-state index contributed by atoms with van der Waals surface area (Å²) in [5.41, 5.74) is 1.06. The molecule has 4 atom stereocenters. The third-order valence-corrected chi connectivity index (χ3v) is 6.62. The number of rotatable bonds is 6. The number of hydrogen-bond acceptors (Lipinski definition) is 3. The summed E-state index contributed by atoms with van der Waals surface area (Å²) in [6.07, 6.45) is 9.33. The molecular formula is C19H34N6O+2. The number of amides is 1. The molecule has 3 saturated heterocycles. The van der Waals surface area contributed by atoms with E-state index in [1.165, 1.54) is 43.5 Å². The van der Waals surface area contributed by atoms with Crippen LogP contribution in [0.2, 0.25) is 0 Å². The Balaban J connectivity index is 1.33. The Morgan fingerprint density at radius 2 is 2.15 bits per heavy atom. The second-order valence-electron chi connectivity index (χ2n) is 9.01. The first-order chi connectivity index (χ1) is 12.6. The lowest BCUT2D eigenvalue weighted by atomic mass is 9.75. The van der Waals surface area contributed by atoms with Gasteiger partial charge in [-0.25, -0.2) is 4.68 Å². The van der Waals surface area contributed by atoms with Crippen LogP contribution in [0.25, 0.3) is 0 Å². The molecule has 4 fully saturated rings. The summed E-state index contributed by atoms with van der Waals surface area (Å²) in [4.78, 5) is 15.7. The highest BCUT2D eigenvalue weighted by atomic mass is 16.2. The molecule has 0 spiro atoms. The predicted molar refractivity (Wildman–Crippen MR) is 97.6 cm³/mol. The van der Waals surface area contributed by atoms with Crippen LogP contribution < -0.4 is 15.1 Å². The summed E-state index contributed by atoms with van der Waals surface area (Å²) in [5, 5.41) is 12.0. The topological polar surface area (TPSA) is 68.7 Å². The van der Waals surface area contributed by atoms with E-state index >= 15 is 0 Å². The molecule has 7 heteroatoms. The van der Waals surface area contributed by atoms with Crippen LogP contribution in [0, 0.1) is 11.8 Å². The Kier molecular flexibility index (Phi) is 5.27. The van der Waals surface area contributed by atoms with Gasteiger partial charge in [-0.3, -0.25) is 4.79 Å². The minimum Gasteiger partial charge on any atom is -0.353 e. The molecule has 2 bridgehead atoms. The first-order valence-electron chi connectivity index (χ1n) is 10.4. The highest BCUT2D eigenvalue weighted by Crippen LogP contribution is 2.28. The smallest absolute Gasteiger partial charge is 0.229 e. The number of nitrogens with one attached hydrogen (secondary N) is 3. The largest absolute Gasteiger partial charge is 0.353 e. The number of carbonyl (C=O) groups is 1. The lowest BCUT2D eigenvalue weighted by Gasteiger charge is -2.46. The van der Waals surface area contributed by atoms with Crippen LogP contribution >= 0.6 is 0 Å². The van der Waals surface area contributed by atoms with E-state index in [2.05, 4.69) is 35.9 Å². The Bertz CT molecular complexity index is 623. The lowest BCUT2D eigenvalue weighted by molar-refractivity contribution is -0.945. The van der Waals surface area contributed by atoms with Crippen molar-refractivity contribution in [3.63, 3.8) is 0 Å². The van der Waals surface area contributed by atoms with Gasteiger partial charge in [-0.1, -0.05) is 18.1 Å². The van der Waals surface area contributed by atoms with Crippen LogP contribution in [0.4, 0.5) is 0 Å². The van der Waals surface area contributed by atoms with Gasteiger partial charge in [0.2, 0.25) is 5.91 Å². The Labute approximate surface area is 156 Å². The number of nitrogens with zero attached hydrogens (tertiary/aromatic N) is 3. The first-order valence-corrected chi connectivity index (χ1v) is 10.4. The molecule has 7 nitrogen and oxygen atoms in total. The van der Waals surface area contributed by atoms with Crippen molar-refractivity contribution < 1.29 is 14.6 Å². The fraction of sp³-hybridized carbons (Fsp3) is 0.842. The molecule has 144 valence electrons. The van der Waals surface area contributed by atoms with Crippen molar-refractivity contribution in [2.45, 2.75) is 63.7 Å². The zero-order valence-electron chi connectivity index (χ0n) is 16.2. The van der Waals surface area contributed by atoms with E-state index in [1.807, 2.05) is 4.68 Å². The molecule has 1 aromatic rings. The van der Waals surface area contributed by atoms with Gasteiger partial charge in [0.15, 0.2) is 0 Å². The number of quaternary nitrogens is 2. The van der Waals surface area contributed by atoms with Crippen molar-refractivity contribution in [3.05, 3.63) is 11.9 Å². The summed E-state index contributed by atoms with van der Waals surface area (Å²) >= 11 is 0. The monoisotopic (exact) mass is 362 g/mol. The molecule has 0 aromatic carbocycles. The van der Waals surface area contributed by atoms with E-state index in [0.717, 1.165) is 31.7 Å². The second kappa shape index (κ2) is 7.64. The first kappa shape index (κ1) is 17.9. The maximum Gasteiger partial charge on any atom is 0.229 e. The molecule has 1 amide bonds.